The number of rotatable bonds is 2. The van der Waals surface area contributed by atoms with Crippen LogP contribution in [0.25, 0.3) is 0 Å². The van der Waals surface area contributed by atoms with E-state index in [1.54, 1.807) is 0 Å². The largest absolute Gasteiger partial charge is 0.476 e. The lowest BCUT2D eigenvalue weighted by atomic mass is 10.3. The molecule has 0 spiro atoms. The fourth-order valence-corrected chi connectivity index (χ4v) is 0.151. The van der Waals surface area contributed by atoms with E-state index in [9.17, 15) is 9.59 Å². The molecule has 0 atom stereocenters. The van der Waals surface area contributed by atoms with E-state index in [2.05, 4.69) is 11.5 Å². The number of primary amides is 2. The smallest absolute Gasteiger partial charge is 0.372 e. The molecule has 0 radical (unpaired) electrons. The van der Waals surface area contributed by atoms with Gasteiger partial charge in [-0.05, 0) is 0 Å². The number of amides is 2. The van der Waals surface area contributed by atoms with Crippen LogP contribution in [0.2, 0.25) is 0 Å². The summed E-state index contributed by atoms with van der Waals surface area (Å²) >= 11 is 0. The Kier molecular flexibility index (Phi) is 7.19. The molecule has 0 aliphatic carbocycles. The maximum atomic E-state index is 9.91. The molecule has 11 heavy (non-hydrogen) atoms. The van der Waals surface area contributed by atoms with E-state index in [1.807, 2.05) is 0 Å². The number of ketones is 1. The Balaban J connectivity index is 0. The number of Topliss-reactive ketones (excluding diaryl/α,β-unsaturated/α-hetero) is 1. The molecule has 0 aromatic heterocycles. The summed E-state index contributed by atoms with van der Waals surface area (Å²) < 4.78 is 0. The third-order valence-electron chi connectivity index (χ3n) is 0.560. The lowest BCUT2D eigenvalue weighted by molar-refractivity contribution is -0.148. The maximum Gasteiger partial charge on any atom is 0.372 e. The fraction of sp³-hybridized carbons (Fsp3) is 0.400. The molecule has 0 unspecified atom stereocenters. The summed E-state index contributed by atoms with van der Waals surface area (Å²) in [5.41, 5.74) is 8.50. The molecule has 0 saturated carbocycles. The van der Waals surface area contributed by atoms with Gasteiger partial charge in [-0.3, -0.25) is 4.79 Å². The van der Waals surface area contributed by atoms with Gasteiger partial charge in [0.05, 0.1) is 0 Å². The standard InChI is InChI=1S/C4H6O3.CH4N2O/c1-2-3(5)4(6)7;2-1(3)4/h2H2,1H3,(H,6,7);(H4,2,3,4). The van der Waals surface area contributed by atoms with E-state index < -0.39 is 17.8 Å². The lowest BCUT2D eigenvalue weighted by Crippen LogP contribution is -2.18. The van der Waals surface area contributed by atoms with Gasteiger partial charge < -0.3 is 16.6 Å². The van der Waals surface area contributed by atoms with Crippen molar-refractivity contribution < 1.29 is 19.5 Å². The minimum absolute atomic E-state index is 0.0787. The highest BCUT2D eigenvalue weighted by molar-refractivity contribution is 6.32. The Bertz CT molecular complexity index is 162. The number of nitrogens with two attached hydrogens (primary N) is 2. The zero-order chi connectivity index (χ0) is 9.44. The zero-order valence-corrected chi connectivity index (χ0v) is 6.03. The van der Waals surface area contributed by atoms with E-state index in [0.717, 1.165) is 0 Å². The van der Waals surface area contributed by atoms with Crippen LogP contribution >= 0.6 is 0 Å². The van der Waals surface area contributed by atoms with E-state index >= 15 is 0 Å². The van der Waals surface area contributed by atoms with Crippen LogP contribution < -0.4 is 11.5 Å². The van der Waals surface area contributed by atoms with Gasteiger partial charge in [0.25, 0.3) is 0 Å². The average Bonchev–Trinajstić information content (AvgIpc) is 1.85. The summed E-state index contributed by atoms with van der Waals surface area (Å²) in [5.74, 6) is -2.08. The molecule has 0 saturated heterocycles. The third-order valence-corrected chi connectivity index (χ3v) is 0.560. The van der Waals surface area contributed by atoms with Gasteiger partial charge in [-0.1, -0.05) is 6.92 Å². The normalized spacial score (nSPS) is 7.36. The van der Waals surface area contributed by atoms with Crippen molar-refractivity contribution in [2.24, 2.45) is 11.5 Å². The predicted molar refractivity (Wildman–Crippen MR) is 36.7 cm³/mol. The monoisotopic (exact) mass is 162 g/mol. The Morgan fingerprint density at radius 2 is 1.55 bits per heavy atom. The summed E-state index contributed by atoms with van der Waals surface area (Å²) in [4.78, 5) is 28.5. The van der Waals surface area contributed by atoms with Crippen molar-refractivity contribution >= 4 is 17.8 Å². The van der Waals surface area contributed by atoms with Gasteiger partial charge in [-0.25, -0.2) is 9.59 Å². The van der Waals surface area contributed by atoms with E-state index in [0.29, 0.717) is 0 Å². The minimum Gasteiger partial charge on any atom is -0.476 e. The van der Waals surface area contributed by atoms with Crippen molar-refractivity contribution in [1.29, 1.82) is 0 Å². The first-order chi connectivity index (χ1) is 4.91. The molecular formula is C5H10N2O4. The Labute approximate surface area is 63.2 Å². The second-order valence-corrected chi connectivity index (χ2v) is 1.48. The second kappa shape index (κ2) is 6.53. The quantitative estimate of drug-likeness (QED) is 0.454. The van der Waals surface area contributed by atoms with Crippen molar-refractivity contribution in [3.63, 3.8) is 0 Å². The van der Waals surface area contributed by atoms with Gasteiger partial charge in [-0.2, -0.15) is 0 Å². The fourth-order valence-electron chi connectivity index (χ4n) is 0.151. The van der Waals surface area contributed by atoms with Crippen LogP contribution in [0.4, 0.5) is 4.79 Å². The molecule has 0 aliphatic rings. The number of carbonyl (C=O) groups excluding carboxylic acids is 2. The highest BCUT2D eigenvalue weighted by Crippen LogP contribution is 1.76. The molecule has 2 amide bonds. The van der Waals surface area contributed by atoms with E-state index in [1.165, 1.54) is 6.92 Å². The molecule has 0 bridgehead atoms. The molecule has 6 nitrogen and oxygen atoms in total. The molecule has 64 valence electrons. The van der Waals surface area contributed by atoms with Crippen LogP contribution in [0.3, 0.4) is 0 Å². The predicted octanol–water partition coefficient (Wildman–Crippen LogP) is -0.926. The van der Waals surface area contributed by atoms with Gasteiger partial charge >= 0.3 is 12.0 Å². The summed E-state index contributed by atoms with van der Waals surface area (Å²) in [5, 5.41) is 7.83. The number of aliphatic carboxylic acids is 1. The topological polar surface area (TPSA) is 123 Å². The molecular weight excluding hydrogens is 152 g/mol. The number of carboxylic acid groups (broad SMARTS) is 1. The average molecular weight is 162 g/mol. The van der Waals surface area contributed by atoms with Crippen molar-refractivity contribution in [1.82, 2.24) is 0 Å². The Morgan fingerprint density at radius 3 is 1.55 bits per heavy atom. The number of carbonyl (C=O) groups is 3. The number of carboxylic acids is 1. The molecule has 6 heteroatoms. The maximum absolute atomic E-state index is 9.91. The van der Waals surface area contributed by atoms with Gasteiger partial charge in [0.1, 0.15) is 0 Å². The number of hydrogen-bond acceptors (Lipinski definition) is 3. The summed E-state index contributed by atoms with van der Waals surface area (Å²) in [6.45, 7) is 1.51. The third kappa shape index (κ3) is 17.8. The molecule has 0 aliphatic heterocycles. The summed E-state index contributed by atoms with van der Waals surface area (Å²) in [7, 11) is 0. The first-order valence-electron chi connectivity index (χ1n) is 2.72. The Hall–Kier alpha value is -1.59. The first-order valence-corrected chi connectivity index (χ1v) is 2.72. The second-order valence-electron chi connectivity index (χ2n) is 1.48. The minimum atomic E-state index is -1.34. The molecule has 0 rings (SSSR count). The van der Waals surface area contributed by atoms with Crippen LogP contribution in [0.5, 0.6) is 0 Å². The van der Waals surface area contributed by atoms with Crippen molar-refractivity contribution in [2.45, 2.75) is 13.3 Å². The molecule has 0 aromatic carbocycles. The molecule has 0 heterocycles. The number of hydrogen-bond donors (Lipinski definition) is 3. The summed E-state index contributed by atoms with van der Waals surface area (Å²) in [6.07, 6.45) is 0.0787. The highest BCUT2D eigenvalue weighted by atomic mass is 16.4. The van der Waals surface area contributed by atoms with Crippen LogP contribution in [0.1, 0.15) is 13.3 Å². The van der Waals surface area contributed by atoms with E-state index in [4.69, 9.17) is 9.90 Å². The molecule has 5 N–H and O–H groups in total. The van der Waals surface area contributed by atoms with Gasteiger partial charge in [0.2, 0.25) is 5.78 Å². The number of urea groups is 1. The van der Waals surface area contributed by atoms with E-state index in [-0.39, 0.29) is 6.42 Å². The van der Waals surface area contributed by atoms with Crippen molar-refractivity contribution in [2.75, 3.05) is 0 Å². The van der Waals surface area contributed by atoms with Crippen molar-refractivity contribution in [3.05, 3.63) is 0 Å². The first kappa shape index (κ1) is 12.1. The van der Waals surface area contributed by atoms with Crippen molar-refractivity contribution in [3.8, 4) is 0 Å². The highest BCUT2D eigenvalue weighted by Gasteiger charge is 2.05. The van der Waals surface area contributed by atoms with Gasteiger partial charge in [0.15, 0.2) is 0 Å². The SMILES string of the molecule is CCC(=O)C(=O)O.NC(N)=O. The van der Waals surface area contributed by atoms with Gasteiger partial charge in [-0.15, -0.1) is 0 Å². The molecule has 0 fully saturated rings. The lowest BCUT2D eigenvalue weighted by Gasteiger charge is -1.80. The van der Waals surface area contributed by atoms with Crippen LogP contribution in [-0.2, 0) is 9.59 Å². The Morgan fingerprint density at radius 1 is 1.27 bits per heavy atom. The van der Waals surface area contributed by atoms with Crippen LogP contribution in [-0.4, -0.2) is 22.9 Å². The zero-order valence-electron chi connectivity index (χ0n) is 6.03. The van der Waals surface area contributed by atoms with Crippen LogP contribution in [0.15, 0.2) is 0 Å². The summed E-state index contributed by atoms with van der Waals surface area (Å²) in [6, 6.07) is -0.833. The van der Waals surface area contributed by atoms with Crippen LogP contribution in [0, 0.1) is 0 Å². The van der Waals surface area contributed by atoms with Gasteiger partial charge in [0, 0.05) is 6.42 Å². The molecule has 0 aromatic rings.